The van der Waals surface area contributed by atoms with Crippen LogP contribution in [0.3, 0.4) is 0 Å². The highest BCUT2D eigenvalue weighted by Gasteiger charge is 2.72. The van der Waals surface area contributed by atoms with Gasteiger partial charge in [0.25, 0.3) is 0 Å². The number of rotatable bonds is 6. The second-order valence-corrected chi connectivity index (χ2v) is 29.2. The Kier molecular flexibility index (Phi) is 11.6. The fourth-order valence-electron chi connectivity index (χ4n) is 18.7. The molecule has 6 heteroatoms. The van der Waals surface area contributed by atoms with Crippen LogP contribution in [0.1, 0.15) is 113 Å². The van der Waals surface area contributed by atoms with Crippen LogP contribution in [-0.2, 0) is 0 Å². The predicted octanol–water partition coefficient (Wildman–Crippen LogP) is 15.3. The monoisotopic (exact) mass is 985 g/mol. The van der Waals surface area contributed by atoms with E-state index in [0.29, 0.717) is 82.8 Å². The highest BCUT2D eigenvalue weighted by atomic mass is 31.1. The molecule has 368 valence electrons. The van der Waals surface area contributed by atoms with Gasteiger partial charge in [0.2, 0.25) is 0 Å². The fraction of sp³-hybridized carbons (Fsp3) is 0.455. The van der Waals surface area contributed by atoms with Crippen molar-refractivity contribution in [3.8, 4) is 0 Å². The van der Waals surface area contributed by atoms with Crippen molar-refractivity contribution in [3.63, 3.8) is 0 Å². The van der Waals surface area contributed by atoms with Gasteiger partial charge in [0.05, 0.1) is 0 Å². The van der Waals surface area contributed by atoms with Crippen molar-refractivity contribution in [2.24, 2.45) is 0 Å². The van der Waals surface area contributed by atoms with E-state index < -0.39 is 15.8 Å². The van der Waals surface area contributed by atoms with Gasteiger partial charge in [-0.1, -0.05) is 175 Å². The summed E-state index contributed by atoms with van der Waals surface area (Å²) in [6.45, 7) is 0. The molecule has 0 spiro atoms. The molecule has 16 atom stereocenters. The van der Waals surface area contributed by atoms with Crippen molar-refractivity contribution < 1.29 is 0 Å². The van der Waals surface area contributed by atoms with Crippen LogP contribution in [0, 0.1) is 0 Å². The van der Waals surface area contributed by atoms with Crippen LogP contribution in [0.15, 0.2) is 182 Å². The third kappa shape index (κ3) is 6.96. The quantitative estimate of drug-likeness (QED) is 0.154. The summed E-state index contributed by atoms with van der Waals surface area (Å²) in [4.78, 5) is 12.7. The van der Waals surface area contributed by atoms with Crippen LogP contribution in [0.25, 0.3) is 0 Å². The van der Waals surface area contributed by atoms with E-state index >= 15 is 0 Å². The van der Waals surface area contributed by atoms with Crippen LogP contribution in [-0.4, -0.2) is 82.3 Å². The number of anilines is 4. The third-order valence-electron chi connectivity index (χ3n) is 20.7. The highest BCUT2D eigenvalue weighted by molar-refractivity contribution is 7.62. The van der Waals surface area contributed by atoms with Crippen LogP contribution in [0.5, 0.6) is 0 Å². The van der Waals surface area contributed by atoms with Crippen LogP contribution in [0.2, 0.25) is 0 Å². The molecule has 16 unspecified atom stereocenters. The highest BCUT2D eigenvalue weighted by Crippen LogP contribution is 2.79. The van der Waals surface area contributed by atoms with Gasteiger partial charge >= 0.3 is 0 Å². The molecule has 0 N–H and O–H groups in total. The Morgan fingerprint density at radius 1 is 0.264 bits per heavy atom. The van der Waals surface area contributed by atoms with E-state index in [0.717, 1.165) is 11.3 Å². The molecule has 9 aliphatic rings. The molecule has 0 radical (unpaired) electrons. The lowest BCUT2D eigenvalue weighted by Crippen LogP contribution is -2.79. The smallest absolute Gasteiger partial charge is 0.0455 e. The summed E-state index contributed by atoms with van der Waals surface area (Å²) in [5.74, 6) is 0.872. The van der Waals surface area contributed by atoms with Gasteiger partial charge in [-0.2, -0.15) is 0 Å². The van der Waals surface area contributed by atoms with Gasteiger partial charge in [0, 0.05) is 117 Å². The number of benzene rings is 6. The van der Waals surface area contributed by atoms with E-state index in [1.54, 1.807) is 11.1 Å². The van der Waals surface area contributed by atoms with Gasteiger partial charge in [-0.15, -0.1) is 0 Å². The molecule has 4 aliphatic heterocycles. The molecule has 15 rings (SSSR count). The number of hydrogen-bond donors (Lipinski definition) is 0. The Morgan fingerprint density at radius 2 is 0.556 bits per heavy atom. The third-order valence-corrected chi connectivity index (χ3v) is 28.8. The molecular weight excluding hydrogens is 911 g/mol. The number of nitrogens with zero attached hydrogens (tertiary/aromatic N) is 4. The molecule has 4 nitrogen and oxygen atoms in total. The van der Waals surface area contributed by atoms with E-state index in [9.17, 15) is 0 Å². The van der Waals surface area contributed by atoms with E-state index in [-0.39, 0.29) is 0 Å². The molecule has 0 amide bonds. The standard InChI is InChI=1S/C66H74N4P2/c1-7-25-45(26-8-1)59-61-65(71-57-43-21-19-37-51(57)67(47-29-11-3-12-30-47)53-39-23-41-55(63(53)71)69(61)49-33-15-5-16-34-49)60(46-27-9-2-10-28-46)66-62(59)70(50-35-17-6-18-36-50)56-42-24-40-54-64(56)72(66)58-44-22-20-38-52(58)68(54)48-31-13-4-14-32-48/h1-18,25-36,51-66H,19-24,37-44H2. The zero-order valence-electron chi connectivity index (χ0n) is 42.1. The lowest BCUT2D eigenvalue weighted by atomic mass is 9.65. The van der Waals surface area contributed by atoms with Gasteiger partial charge < -0.3 is 19.6 Å². The van der Waals surface area contributed by atoms with Gasteiger partial charge in [-0.05, 0) is 124 Å². The van der Waals surface area contributed by atoms with E-state index in [1.807, 2.05) is 0 Å². The summed E-state index contributed by atoms with van der Waals surface area (Å²) in [7, 11) is -0.823. The van der Waals surface area contributed by atoms with Gasteiger partial charge in [-0.3, -0.25) is 0 Å². The minimum atomic E-state index is -0.411. The van der Waals surface area contributed by atoms with E-state index in [4.69, 9.17) is 0 Å². The normalized spacial score (nSPS) is 38.5. The maximum Gasteiger partial charge on any atom is 0.0455 e. The fourth-order valence-corrected chi connectivity index (χ4v) is 29.3. The second kappa shape index (κ2) is 18.6. The Balaban J connectivity index is 1.03. The summed E-state index contributed by atoms with van der Waals surface area (Å²) in [5.41, 5.74) is 13.3. The maximum atomic E-state index is 3.24. The van der Waals surface area contributed by atoms with Crippen LogP contribution in [0.4, 0.5) is 22.7 Å². The van der Waals surface area contributed by atoms with Gasteiger partial charge in [0.1, 0.15) is 0 Å². The first-order valence-corrected chi connectivity index (χ1v) is 31.9. The second-order valence-electron chi connectivity index (χ2n) is 23.7. The average Bonchev–Trinajstić information content (AvgIpc) is 3.46. The summed E-state index contributed by atoms with van der Waals surface area (Å²) in [6, 6.07) is 77.4. The first kappa shape index (κ1) is 44.8. The van der Waals surface area contributed by atoms with Crippen molar-refractivity contribution in [3.05, 3.63) is 193 Å². The molecule has 4 saturated heterocycles. The lowest BCUT2D eigenvalue weighted by molar-refractivity contribution is 0.196. The first-order valence-electron chi connectivity index (χ1n) is 28.8. The van der Waals surface area contributed by atoms with Crippen LogP contribution >= 0.6 is 15.8 Å². The molecule has 9 fully saturated rings. The van der Waals surface area contributed by atoms with Crippen molar-refractivity contribution >= 4 is 38.6 Å². The SMILES string of the molecule is c1ccc(C2C3C(C(c4ccccc4)C4C2N(c2ccccc2)C2CCCC5C2P4C2CCCCC2N5c2ccccc2)P2C4CCCCC4N(c4ccccc4)C4CCCC(C42)N3c2ccccc2)cc1. The van der Waals surface area contributed by atoms with Crippen molar-refractivity contribution in [1.29, 1.82) is 0 Å². The predicted molar refractivity (Wildman–Crippen MR) is 306 cm³/mol. The number of fused-ring (bicyclic) bond motifs is 8. The van der Waals surface area contributed by atoms with Crippen molar-refractivity contribution in [1.82, 2.24) is 0 Å². The Bertz CT molecular complexity index is 2630. The molecule has 6 aromatic carbocycles. The molecule has 72 heavy (non-hydrogen) atoms. The Morgan fingerprint density at radius 3 is 0.931 bits per heavy atom. The largest absolute Gasteiger partial charge is 0.364 e. The molecule has 0 bridgehead atoms. The summed E-state index contributed by atoms with van der Waals surface area (Å²) in [5, 5.41) is 0. The molecular formula is C66H74N4P2. The topological polar surface area (TPSA) is 13.0 Å². The van der Waals surface area contributed by atoms with E-state index in [2.05, 4.69) is 202 Å². The summed E-state index contributed by atoms with van der Waals surface area (Å²) >= 11 is 0. The Hall–Kier alpha value is -4.62. The minimum Gasteiger partial charge on any atom is -0.364 e. The summed E-state index contributed by atoms with van der Waals surface area (Å²) < 4.78 is 0. The van der Waals surface area contributed by atoms with Gasteiger partial charge in [0.15, 0.2) is 0 Å². The molecule has 5 saturated carbocycles. The minimum absolute atomic E-state index is 0.373. The van der Waals surface area contributed by atoms with E-state index in [1.165, 1.54) is 113 Å². The lowest BCUT2D eigenvalue weighted by Gasteiger charge is -2.75. The molecule has 0 aromatic heterocycles. The first-order chi connectivity index (χ1) is 35.8. The maximum absolute atomic E-state index is 3.24. The summed E-state index contributed by atoms with van der Waals surface area (Å²) in [6.07, 6.45) is 19.0. The zero-order valence-corrected chi connectivity index (χ0v) is 43.9. The molecule has 5 aliphatic carbocycles. The molecule has 4 heterocycles. The Labute approximate surface area is 433 Å². The number of para-hydroxylation sites is 4. The van der Waals surface area contributed by atoms with Crippen molar-refractivity contribution in [2.75, 3.05) is 19.6 Å². The van der Waals surface area contributed by atoms with Gasteiger partial charge in [-0.25, -0.2) is 0 Å². The average molecular weight is 985 g/mol. The van der Waals surface area contributed by atoms with Crippen molar-refractivity contribution in [2.45, 2.75) is 184 Å². The molecule has 6 aromatic rings. The number of hydrogen-bond acceptors (Lipinski definition) is 4. The van der Waals surface area contributed by atoms with Crippen LogP contribution < -0.4 is 19.6 Å². The zero-order chi connectivity index (χ0) is 47.3.